The van der Waals surface area contributed by atoms with Gasteiger partial charge in [0.25, 0.3) is 0 Å². The van der Waals surface area contributed by atoms with Crippen LogP contribution >= 0.6 is 0 Å². The zero-order chi connectivity index (χ0) is 10.0. The Balaban J connectivity index is 2.74. The number of anilines is 1. The van der Waals surface area contributed by atoms with Gasteiger partial charge in [0.05, 0.1) is 6.20 Å². The minimum Gasteiger partial charge on any atom is -0.479 e. The summed E-state index contributed by atoms with van der Waals surface area (Å²) in [5.74, 6) is -0.436. The minimum atomic E-state index is -1.04. The Labute approximate surface area is 74.9 Å². The molecule has 0 aliphatic rings. The number of ether oxygens (including phenoxy) is 1. The van der Waals surface area contributed by atoms with Crippen molar-refractivity contribution in [1.29, 1.82) is 0 Å². The van der Waals surface area contributed by atoms with Crippen LogP contribution in [0.3, 0.4) is 0 Å². The van der Waals surface area contributed by atoms with Crippen LogP contribution in [-0.2, 0) is 11.8 Å². The maximum absolute atomic E-state index is 10.4. The molecule has 0 bridgehead atoms. The van der Waals surface area contributed by atoms with Gasteiger partial charge in [-0.25, -0.2) is 9.48 Å². The maximum Gasteiger partial charge on any atom is 0.344 e. The van der Waals surface area contributed by atoms with Crippen molar-refractivity contribution < 1.29 is 14.6 Å². The lowest BCUT2D eigenvalue weighted by atomic mass is 10.4. The number of rotatable bonds is 3. The van der Waals surface area contributed by atoms with Crippen LogP contribution in [0.25, 0.3) is 0 Å². The van der Waals surface area contributed by atoms with E-state index in [1.165, 1.54) is 17.8 Å². The van der Waals surface area contributed by atoms with Crippen LogP contribution in [0.5, 0.6) is 5.75 Å². The first-order valence-electron chi connectivity index (χ1n) is 3.69. The van der Waals surface area contributed by atoms with Crippen molar-refractivity contribution in [2.24, 2.45) is 7.05 Å². The molecule has 0 aliphatic heterocycles. The van der Waals surface area contributed by atoms with Crippen LogP contribution in [0.4, 0.5) is 5.82 Å². The number of hydrogen-bond donors (Lipinski definition) is 2. The Bertz CT molecular complexity index is 321. The summed E-state index contributed by atoms with van der Waals surface area (Å²) in [7, 11) is 1.65. The molecule has 0 aromatic carbocycles. The molecule has 0 unspecified atom stereocenters. The number of aryl methyl sites for hydroxylation is 1. The van der Waals surface area contributed by atoms with E-state index in [2.05, 4.69) is 5.10 Å². The number of hydrogen-bond acceptors (Lipinski definition) is 4. The van der Waals surface area contributed by atoms with Crippen molar-refractivity contribution in [1.82, 2.24) is 9.78 Å². The molecule has 1 rings (SSSR count). The third-order valence-electron chi connectivity index (χ3n) is 1.60. The molecule has 0 spiro atoms. The third-order valence-corrected chi connectivity index (χ3v) is 1.60. The number of carboxylic acids is 1. The molecule has 0 aliphatic carbocycles. The topological polar surface area (TPSA) is 90.4 Å². The quantitative estimate of drug-likeness (QED) is 0.683. The molecular weight excluding hydrogens is 174 g/mol. The van der Waals surface area contributed by atoms with E-state index in [0.29, 0.717) is 5.82 Å². The largest absolute Gasteiger partial charge is 0.479 e. The molecule has 6 nitrogen and oxygen atoms in total. The third kappa shape index (κ3) is 1.90. The molecule has 0 saturated heterocycles. The molecule has 3 N–H and O–H groups in total. The van der Waals surface area contributed by atoms with E-state index in [4.69, 9.17) is 15.6 Å². The first-order chi connectivity index (χ1) is 6.02. The van der Waals surface area contributed by atoms with Gasteiger partial charge in [-0.3, -0.25) is 0 Å². The normalized spacial score (nSPS) is 12.5. The van der Waals surface area contributed by atoms with E-state index in [-0.39, 0.29) is 5.75 Å². The summed E-state index contributed by atoms with van der Waals surface area (Å²) >= 11 is 0. The van der Waals surface area contributed by atoms with Crippen molar-refractivity contribution in [2.75, 3.05) is 5.73 Å². The molecule has 1 aromatic heterocycles. The highest BCUT2D eigenvalue weighted by molar-refractivity contribution is 5.72. The Kier molecular flexibility index (Phi) is 2.41. The van der Waals surface area contributed by atoms with Gasteiger partial charge in [-0.1, -0.05) is 0 Å². The van der Waals surface area contributed by atoms with Crippen LogP contribution in [0, 0.1) is 0 Å². The number of aromatic nitrogens is 2. The van der Waals surface area contributed by atoms with Crippen LogP contribution in [0.1, 0.15) is 6.92 Å². The number of nitrogens with zero attached hydrogens (tertiary/aromatic N) is 2. The summed E-state index contributed by atoms with van der Waals surface area (Å²) in [4.78, 5) is 10.4. The highest BCUT2D eigenvalue weighted by atomic mass is 16.5. The molecule has 0 fully saturated rings. The first-order valence-corrected chi connectivity index (χ1v) is 3.69. The fourth-order valence-electron chi connectivity index (χ4n) is 0.759. The number of nitrogens with two attached hydrogens (primary N) is 1. The zero-order valence-electron chi connectivity index (χ0n) is 7.39. The fourth-order valence-corrected chi connectivity index (χ4v) is 0.759. The fraction of sp³-hybridized carbons (Fsp3) is 0.429. The van der Waals surface area contributed by atoms with E-state index >= 15 is 0 Å². The SMILES string of the molecule is C[C@@H](Oc1cnn(C)c1N)C(=O)O. The molecular formula is C7H11N3O3. The summed E-state index contributed by atoms with van der Waals surface area (Å²) in [5.41, 5.74) is 5.53. The average molecular weight is 185 g/mol. The Morgan fingerprint density at radius 2 is 2.46 bits per heavy atom. The monoisotopic (exact) mass is 185 g/mol. The van der Waals surface area contributed by atoms with E-state index in [1.807, 2.05) is 0 Å². The zero-order valence-corrected chi connectivity index (χ0v) is 7.39. The standard InChI is InChI=1S/C7H11N3O3/c1-4(7(11)12)13-5-3-9-10(2)6(5)8/h3-4H,8H2,1-2H3,(H,11,12)/t4-/m1/s1. The Hall–Kier alpha value is -1.72. The first kappa shape index (κ1) is 9.37. The van der Waals surface area contributed by atoms with Gasteiger partial charge in [0.2, 0.25) is 0 Å². The van der Waals surface area contributed by atoms with Gasteiger partial charge >= 0.3 is 5.97 Å². The van der Waals surface area contributed by atoms with Crippen molar-refractivity contribution in [2.45, 2.75) is 13.0 Å². The smallest absolute Gasteiger partial charge is 0.344 e. The molecule has 72 valence electrons. The van der Waals surface area contributed by atoms with Gasteiger partial charge < -0.3 is 15.6 Å². The summed E-state index contributed by atoms with van der Waals surface area (Å²) in [5, 5.41) is 12.4. The highest BCUT2D eigenvalue weighted by Crippen LogP contribution is 2.20. The lowest BCUT2D eigenvalue weighted by molar-refractivity contribution is -0.144. The van der Waals surface area contributed by atoms with Crippen LogP contribution in [0.2, 0.25) is 0 Å². The minimum absolute atomic E-state index is 0.289. The van der Waals surface area contributed by atoms with Crippen molar-refractivity contribution in [3.8, 4) is 5.75 Å². The van der Waals surface area contributed by atoms with E-state index in [9.17, 15) is 4.79 Å². The Morgan fingerprint density at radius 3 is 2.85 bits per heavy atom. The lowest BCUT2D eigenvalue weighted by Gasteiger charge is -2.08. The van der Waals surface area contributed by atoms with Crippen LogP contribution in [0.15, 0.2) is 6.20 Å². The predicted octanol–water partition coefficient (Wildman–Crippen LogP) is -0.146. The van der Waals surface area contributed by atoms with Gasteiger partial charge in [-0.15, -0.1) is 0 Å². The van der Waals surface area contributed by atoms with Gasteiger partial charge in [0.15, 0.2) is 17.7 Å². The number of aliphatic carboxylic acids is 1. The van der Waals surface area contributed by atoms with Crippen molar-refractivity contribution in [3.63, 3.8) is 0 Å². The predicted molar refractivity (Wildman–Crippen MR) is 45.3 cm³/mol. The van der Waals surface area contributed by atoms with Gasteiger partial charge in [0.1, 0.15) is 0 Å². The van der Waals surface area contributed by atoms with Gasteiger partial charge in [-0.2, -0.15) is 5.10 Å². The molecule has 0 amide bonds. The van der Waals surface area contributed by atoms with E-state index < -0.39 is 12.1 Å². The molecule has 1 heterocycles. The second-order valence-electron chi connectivity index (χ2n) is 2.62. The van der Waals surface area contributed by atoms with Crippen LogP contribution in [-0.4, -0.2) is 27.0 Å². The average Bonchev–Trinajstić information content (AvgIpc) is 2.36. The highest BCUT2D eigenvalue weighted by Gasteiger charge is 2.15. The molecule has 1 aromatic rings. The maximum atomic E-state index is 10.4. The van der Waals surface area contributed by atoms with Crippen molar-refractivity contribution >= 4 is 11.8 Å². The summed E-state index contributed by atoms with van der Waals surface area (Å²) in [6, 6.07) is 0. The molecule has 6 heteroatoms. The molecule has 0 radical (unpaired) electrons. The molecule has 1 atom stereocenters. The van der Waals surface area contributed by atoms with Gasteiger partial charge in [-0.05, 0) is 6.92 Å². The Morgan fingerprint density at radius 1 is 1.85 bits per heavy atom. The lowest BCUT2D eigenvalue weighted by Crippen LogP contribution is -2.23. The van der Waals surface area contributed by atoms with E-state index in [1.54, 1.807) is 7.05 Å². The summed E-state index contributed by atoms with van der Waals surface area (Å²) in [6.07, 6.45) is 0.459. The number of carbonyl (C=O) groups is 1. The molecule has 0 saturated carbocycles. The summed E-state index contributed by atoms with van der Waals surface area (Å²) in [6.45, 7) is 1.43. The van der Waals surface area contributed by atoms with E-state index in [0.717, 1.165) is 0 Å². The van der Waals surface area contributed by atoms with Gasteiger partial charge in [0, 0.05) is 7.05 Å². The number of carboxylic acid groups (broad SMARTS) is 1. The molecule has 13 heavy (non-hydrogen) atoms. The van der Waals surface area contributed by atoms with Crippen LogP contribution < -0.4 is 10.5 Å². The summed E-state index contributed by atoms with van der Waals surface area (Å²) < 4.78 is 6.43. The van der Waals surface area contributed by atoms with Crippen molar-refractivity contribution in [3.05, 3.63) is 6.20 Å². The second kappa shape index (κ2) is 3.34. The number of nitrogen functional groups attached to an aromatic ring is 1. The second-order valence-corrected chi connectivity index (χ2v) is 2.62.